The zero-order valence-corrected chi connectivity index (χ0v) is 22.3. The highest BCUT2D eigenvalue weighted by atomic mass is 35.5. The van der Waals surface area contributed by atoms with Gasteiger partial charge in [-0.15, -0.1) is 0 Å². The number of nitrogens with one attached hydrogen (secondary N) is 1. The van der Waals surface area contributed by atoms with Crippen molar-refractivity contribution in [3.63, 3.8) is 0 Å². The molecule has 0 amide bonds. The third-order valence-electron chi connectivity index (χ3n) is 5.53. The summed E-state index contributed by atoms with van der Waals surface area (Å²) < 4.78 is 133. The van der Waals surface area contributed by atoms with E-state index in [2.05, 4.69) is 4.72 Å². The Balaban J connectivity index is 1.99. The molecule has 216 valence electrons. The highest BCUT2D eigenvalue weighted by Gasteiger charge is 2.39. The van der Waals surface area contributed by atoms with Gasteiger partial charge in [-0.25, -0.2) is 22.3 Å². The minimum absolute atomic E-state index is 0.0603. The SMILES string of the molecule is CC(C)(C)OC(=O)COc1c(F)c(Cl)cc2c1CCCC2NS(=O)(=O)c1cc(C(F)(F)F)cc(C(F)(F)F)c1. The maximum absolute atomic E-state index is 14.9. The number of sulfonamides is 1. The second kappa shape index (κ2) is 10.8. The Morgan fingerprint density at radius 1 is 1.03 bits per heavy atom. The number of esters is 1. The number of carbonyl (C=O) groups is 1. The van der Waals surface area contributed by atoms with Crippen molar-refractivity contribution in [3.8, 4) is 5.75 Å². The number of rotatable bonds is 6. The monoisotopic (exact) mass is 605 g/mol. The van der Waals surface area contributed by atoms with Gasteiger partial charge in [0, 0.05) is 11.6 Å². The van der Waals surface area contributed by atoms with Gasteiger partial charge in [-0.05, 0) is 69.9 Å². The molecule has 2 aromatic carbocycles. The molecule has 2 aromatic rings. The van der Waals surface area contributed by atoms with E-state index in [1.807, 2.05) is 0 Å². The van der Waals surface area contributed by atoms with E-state index in [1.165, 1.54) is 0 Å². The third-order valence-corrected chi connectivity index (χ3v) is 7.26. The normalized spacial score (nSPS) is 16.5. The first kappa shape index (κ1) is 31.0. The van der Waals surface area contributed by atoms with Crippen LogP contribution in [0.2, 0.25) is 5.02 Å². The van der Waals surface area contributed by atoms with Crippen LogP contribution in [-0.2, 0) is 38.3 Å². The van der Waals surface area contributed by atoms with E-state index in [0.29, 0.717) is 0 Å². The third kappa shape index (κ3) is 7.54. The molecule has 0 heterocycles. The Morgan fingerprint density at radius 2 is 1.59 bits per heavy atom. The van der Waals surface area contributed by atoms with Gasteiger partial charge in [0.1, 0.15) is 5.60 Å². The first-order valence-corrected chi connectivity index (χ1v) is 13.2. The van der Waals surface area contributed by atoms with Gasteiger partial charge in [-0.3, -0.25) is 0 Å². The summed E-state index contributed by atoms with van der Waals surface area (Å²) in [7, 11) is -4.95. The van der Waals surface area contributed by atoms with Crippen LogP contribution in [0.15, 0.2) is 29.2 Å². The summed E-state index contributed by atoms with van der Waals surface area (Å²) in [6, 6.07) is -0.120. The fourth-order valence-corrected chi connectivity index (χ4v) is 5.50. The summed E-state index contributed by atoms with van der Waals surface area (Å²) in [4.78, 5) is 10.8. The second-order valence-corrected chi connectivity index (χ2v) is 11.9. The minimum atomic E-state index is -5.26. The average Bonchev–Trinajstić information content (AvgIpc) is 2.77. The van der Waals surface area contributed by atoms with E-state index in [0.717, 1.165) is 6.07 Å². The Labute approximate surface area is 224 Å². The molecule has 0 bridgehead atoms. The summed E-state index contributed by atoms with van der Waals surface area (Å²) in [6.07, 6.45) is -10.1. The highest BCUT2D eigenvalue weighted by molar-refractivity contribution is 7.89. The number of benzene rings is 2. The molecule has 1 atom stereocenters. The molecule has 1 N–H and O–H groups in total. The molecule has 15 heteroatoms. The molecule has 0 spiro atoms. The minimum Gasteiger partial charge on any atom is -0.478 e. The van der Waals surface area contributed by atoms with Crippen LogP contribution in [0, 0.1) is 5.82 Å². The topological polar surface area (TPSA) is 81.7 Å². The maximum Gasteiger partial charge on any atom is 0.416 e. The predicted molar refractivity (Wildman–Crippen MR) is 125 cm³/mol. The van der Waals surface area contributed by atoms with Crippen LogP contribution >= 0.6 is 11.6 Å². The summed E-state index contributed by atoms with van der Waals surface area (Å²) >= 11 is 5.97. The lowest BCUT2D eigenvalue weighted by Crippen LogP contribution is -2.32. The van der Waals surface area contributed by atoms with Crippen LogP contribution in [0.4, 0.5) is 30.7 Å². The zero-order chi connectivity index (χ0) is 29.6. The Hall–Kier alpha value is -2.58. The smallest absolute Gasteiger partial charge is 0.416 e. The molecular weight excluding hydrogens is 583 g/mol. The Kier molecular flexibility index (Phi) is 8.55. The van der Waals surface area contributed by atoms with Gasteiger partial charge in [0.2, 0.25) is 10.0 Å². The zero-order valence-electron chi connectivity index (χ0n) is 20.7. The molecule has 0 saturated carbocycles. The van der Waals surface area contributed by atoms with Crippen molar-refractivity contribution in [2.45, 2.75) is 68.9 Å². The number of halogens is 8. The van der Waals surface area contributed by atoms with Crippen LogP contribution in [-0.4, -0.2) is 26.6 Å². The molecule has 0 aromatic heterocycles. The van der Waals surface area contributed by atoms with E-state index >= 15 is 0 Å². The van der Waals surface area contributed by atoms with Crippen molar-refractivity contribution in [2.75, 3.05) is 6.61 Å². The summed E-state index contributed by atoms with van der Waals surface area (Å²) in [6.45, 7) is 4.10. The van der Waals surface area contributed by atoms with Crippen LogP contribution in [0.1, 0.15) is 61.9 Å². The largest absolute Gasteiger partial charge is 0.478 e. The van der Waals surface area contributed by atoms with Crippen LogP contribution < -0.4 is 9.46 Å². The van der Waals surface area contributed by atoms with Gasteiger partial charge < -0.3 is 9.47 Å². The van der Waals surface area contributed by atoms with Gasteiger partial charge in [0.25, 0.3) is 0 Å². The molecule has 3 rings (SSSR count). The van der Waals surface area contributed by atoms with Crippen LogP contribution in [0.3, 0.4) is 0 Å². The molecule has 0 radical (unpaired) electrons. The van der Waals surface area contributed by atoms with Crippen molar-refractivity contribution in [1.29, 1.82) is 0 Å². The molecule has 1 unspecified atom stereocenters. The van der Waals surface area contributed by atoms with E-state index in [9.17, 15) is 43.9 Å². The van der Waals surface area contributed by atoms with E-state index in [1.54, 1.807) is 20.8 Å². The summed E-state index contributed by atoms with van der Waals surface area (Å²) in [5, 5.41) is -0.502. The van der Waals surface area contributed by atoms with Gasteiger partial charge in [0.05, 0.1) is 21.0 Å². The number of hydrogen-bond acceptors (Lipinski definition) is 5. The lowest BCUT2D eigenvalue weighted by molar-refractivity contribution is -0.157. The first-order chi connectivity index (χ1) is 17.7. The standard InChI is InChI=1S/C24H23ClF7NO5S/c1-22(2,3)38-19(34)11-37-21-15-5-4-6-18(16(15)10-17(25)20(21)26)33-39(35,36)14-8-12(23(27,28)29)7-13(9-14)24(30,31)32/h7-10,18,33H,4-6,11H2,1-3H3. The van der Waals surface area contributed by atoms with Gasteiger partial charge in [-0.2, -0.15) is 26.3 Å². The molecule has 0 aliphatic heterocycles. The van der Waals surface area contributed by atoms with Gasteiger partial charge in [0.15, 0.2) is 18.2 Å². The van der Waals surface area contributed by atoms with Crippen molar-refractivity contribution in [1.82, 2.24) is 4.72 Å². The first-order valence-electron chi connectivity index (χ1n) is 11.4. The Morgan fingerprint density at radius 3 is 2.10 bits per heavy atom. The number of hydrogen-bond donors (Lipinski definition) is 1. The summed E-state index contributed by atoms with van der Waals surface area (Å²) in [5.74, 6) is -2.30. The van der Waals surface area contributed by atoms with E-state index in [-0.39, 0.29) is 48.6 Å². The molecule has 39 heavy (non-hydrogen) atoms. The van der Waals surface area contributed by atoms with E-state index < -0.39 is 79.2 Å². The molecule has 1 aliphatic carbocycles. The predicted octanol–water partition coefficient (Wildman–Crippen LogP) is 6.59. The Bertz CT molecular complexity index is 1340. The summed E-state index contributed by atoms with van der Waals surface area (Å²) in [5.41, 5.74) is -4.22. The molecule has 6 nitrogen and oxygen atoms in total. The van der Waals surface area contributed by atoms with Crippen molar-refractivity contribution in [3.05, 3.63) is 57.4 Å². The van der Waals surface area contributed by atoms with Gasteiger partial charge in [-0.1, -0.05) is 11.6 Å². The average molecular weight is 606 g/mol. The number of alkyl halides is 6. The van der Waals surface area contributed by atoms with Crippen molar-refractivity contribution < 1.29 is 53.4 Å². The fourth-order valence-electron chi connectivity index (χ4n) is 3.98. The molecule has 0 saturated heterocycles. The number of fused-ring (bicyclic) bond motifs is 1. The van der Waals surface area contributed by atoms with E-state index in [4.69, 9.17) is 21.1 Å². The molecule has 1 aliphatic rings. The second-order valence-electron chi connectivity index (χ2n) is 9.75. The highest BCUT2D eigenvalue weighted by Crippen LogP contribution is 2.42. The molecule has 0 fully saturated rings. The lowest BCUT2D eigenvalue weighted by atomic mass is 9.87. The molecular formula is C24H23ClF7NO5S. The lowest BCUT2D eigenvalue weighted by Gasteiger charge is -2.29. The van der Waals surface area contributed by atoms with Crippen molar-refractivity contribution in [2.24, 2.45) is 0 Å². The maximum atomic E-state index is 14.9. The van der Waals surface area contributed by atoms with Crippen molar-refractivity contribution >= 4 is 27.6 Å². The van der Waals surface area contributed by atoms with Gasteiger partial charge >= 0.3 is 18.3 Å². The van der Waals surface area contributed by atoms with Crippen LogP contribution in [0.25, 0.3) is 0 Å². The number of carbonyl (C=O) groups excluding carboxylic acids is 1. The quantitative estimate of drug-likeness (QED) is 0.297. The fraction of sp³-hybridized carbons (Fsp3) is 0.458. The van der Waals surface area contributed by atoms with Crippen LogP contribution in [0.5, 0.6) is 5.75 Å². The number of ether oxygens (including phenoxy) is 2.